The summed E-state index contributed by atoms with van der Waals surface area (Å²) in [6, 6.07) is 6.35. The van der Waals surface area contributed by atoms with Crippen molar-refractivity contribution in [1.82, 2.24) is 4.98 Å². The Bertz CT molecular complexity index is 535. The Morgan fingerprint density at radius 3 is 2.44 bits per heavy atom. The number of nitrogen functional groups attached to an aromatic ring is 1. The molecule has 0 bridgehead atoms. The molecule has 2 nitrogen and oxygen atoms in total. The molecule has 0 radical (unpaired) electrons. The lowest BCUT2D eigenvalue weighted by molar-refractivity contribution is 1.11. The van der Waals surface area contributed by atoms with Gasteiger partial charge in [0.25, 0.3) is 0 Å². The molecule has 0 aliphatic carbocycles. The minimum atomic E-state index is 0.659. The van der Waals surface area contributed by atoms with Crippen molar-refractivity contribution in [1.29, 1.82) is 0 Å². The van der Waals surface area contributed by atoms with Crippen LogP contribution in [0.15, 0.2) is 22.7 Å². The molecule has 0 fully saturated rings. The van der Waals surface area contributed by atoms with E-state index in [1.807, 2.05) is 0 Å². The van der Waals surface area contributed by atoms with Crippen LogP contribution in [0.4, 0.5) is 5.82 Å². The molecule has 0 aliphatic heterocycles. The van der Waals surface area contributed by atoms with E-state index in [1.54, 1.807) is 0 Å². The van der Waals surface area contributed by atoms with Crippen molar-refractivity contribution in [2.24, 2.45) is 0 Å². The number of aryl methyl sites for hydroxylation is 2. The largest absolute Gasteiger partial charge is 0.383 e. The van der Waals surface area contributed by atoms with Crippen LogP contribution in [0.2, 0.25) is 0 Å². The van der Waals surface area contributed by atoms with E-state index in [2.05, 4.69) is 53.0 Å². The number of fused-ring (bicyclic) bond motifs is 1. The van der Waals surface area contributed by atoms with Crippen LogP contribution in [-0.2, 0) is 12.8 Å². The lowest BCUT2D eigenvalue weighted by atomic mass is 10.0. The number of hydrogen-bond acceptors (Lipinski definition) is 2. The Balaban J connectivity index is 2.79. The standard InChI is InChI=1S/C13H15BrN2/c1-3-8-6-11(14)7-10-5-9(4-2)13(15)16-12(8)10/h5-7H,3-4H2,1-2H3,(H2,15,16). The smallest absolute Gasteiger partial charge is 0.127 e. The summed E-state index contributed by atoms with van der Waals surface area (Å²) in [6.45, 7) is 4.23. The van der Waals surface area contributed by atoms with Gasteiger partial charge in [-0.3, -0.25) is 0 Å². The van der Waals surface area contributed by atoms with Gasteiger partial charge < -0.3 is 5.73 Å². The molecule has 0 atom stereocenters. The highest BCUT2D eigenvalue weighted by Crippen LogP contribution is 2.26. The molecule has 2 rings (SSSR count). The van der Waals surface area contributed by atoms with Gasteiger partial charge in [-0.15, -0.1) is 0 Å². The van der Waals surface area contributed by atoms with Gasteiger partial charge in [0.15, 0.2) is 0 Å². The van der Waals surface area contributed by atoms with Crippen molar-refractivity contribution in [2.75, 3.05) is 5.73 Å². The van der Waals surface area contributed by atoms with Gasteiger partial charge in [-0.1, -0.05) is 29.8 Å². The van der Waals surface area contributed by atoms with Crippen molar-refractivity contribution >= 4 is 32.7 Å². The molecule has 0 aliphatic rings. The average Bonchev–Trinajstić information content (AvgIpc) is 2.28. The quantitative estimate of drug-likeness (QED) is 0.910. The number of nitrogens with two attached hydrogens (primary N) is 1. The highest BCUT2D eigenvalue weighted by molar-refractivity contribution is 9.10. The van der Waals surface area contributed by atoms with E-state index >= 15 is 0 Å². The van der Waals surface area contributed by atoms with Gasteiger partial charge in [0.1, 0.15) is 5.82 Å². The molecule has 16 heavy (non-hydrogen) atoms. The second kappa shape index (κ2) is 4.42. The number of benzene rings is 1. The van der Waals surface area contributed by atoms with Crippen LogP contribution in [-0.4, -0.2) is 4.98 Å². The summed E-state index contributed by atoms with van der Waals surface area (Å²) in [7, 11) is 0. The van der Waals surface area contributed by atoms with Crippen molar-refractivity contribution in [3.63, 3.8) is 0 Å². The predicted octanol–water partition coefficient (Wildman–Crippen LogP) is 3.70. The number of hydrogen-bond donors (Lipinski definition) is 1. The molecule has 0 saturated carbocycles. The Morgan fingerprint density at radius 2 is 1.81 bits per heavy atom. The molecule has 0 spiro atoms. The lowest BCUT2D eigenvalue weighted by Crippen LogP contribution is -1.99. The number of rotatable bonds is 2. The summed E-state index contributed by atoms with van der Waals surface area (Å²) in [5, 5.41) is 1.16. The first-order valence-electron chi connectivity index (χ1n) is 5.53. The van der Waals surface area contributed by atoms with Crippen molar-refractivity contribution < 1.29 is 0 Å². The maximum atomic E-state index is 5.94. The van der Waals surface area contributed by atoms with Crippen LogP contribution in [0.5, 0.6) is 0 Å². The van der Waals surface area contributed by atoms with Crippen LogP contribution < -0.4 is 5.73 Å². The van der Waals surface area contributed by atoms with Crippen LogP contribution in [0, 0.1) is 0 Å². The molecule has 1 aromatic heterocycles. The molecule has 0 amide bonds. The number of aromatic nitrogens is 1. The minimum Gasteiger partial charge on any atom is -0.383 e. The molecular formula is C13H15BrN2. The monoisotopic (exact) mass is 278 g/mol. The van der Waals surface area contributed by atoms with Gasteiger partial charge in [0, 0.05) is 9.86 Å². The topological polar surface area (TPSA) is 38.9 Å². The Labute approximate surface area is 104 Å². The Kier molecular flexibility index (Phi) is 3.15. The van der Waals surface area contributed by atoms with Gasteiger partial charge >= 0.3 is 0 Å². The normalized spacial score (nSPS) is 10.9. The third-order valence-electron chi connectivity index (χ3n) is 2.84. The highest BCUT2D eigenvalue weighted by atomic mass is 79.9. The summed E-state index contributed by atoms with van der Waals surface area (Å²) >= 11 is 3.53. The van der Waals surface area contributed by atoms with Gasteiger partial charge in [-0.2, -0.15) is 0 Å². The van der Waals surface area contributed by atoms with Gasteiger partial charge in [0.05, 0.1) is 5.52 Å². The zero-order chi connectivity index (χ0) is 11.7. The van der Waals surface area contributed by atoms with E-state index in [0.29, 0.717) is 5.82 Å². The number of anilines is 1. The average molecular weight is 279 g/mol. The van der Waals surface area contributed by atoms with E-state index in [9.17, 15) is 0 Å². The SMILES string of the molecule is CCc1cc2cc(Br)cc(CC)c2nc1N. The Hall–Kier alpha value is -1.09. The first-order valence-corrected chi connectivity index (χ1v) is 6.32. The summed E-state index contributed by atoms with van der Waals surface area (Å²) in [5.74, 6) is 0.659. The number of pyridine rings is 1. The highest BCUT2D eigenvalue weighted by Gasteiger charge is 2.07. The summed E-state index contributed by atoms with van der Waals surface area (Å²) in [4.78, 5) is 4.52. The molecular weight excluding hydrogens is 264 g/mol. The van der Waals surface area contributed by atoms with Crippen LogP contribution in [0.3, 0.4) is 0 Å². The summed E-state index contributed by atoms with van der Waals surface area (Å²) < 4.78 is 1.10. The number of nitrogens with zero attached hydrogens (tertiary/aromatic N) is 1. The van der Waals surface area contributed by atoms with Crippen molar-refractivity contribution in [3.05, 3.63) is 33.8 Å². The second-order valence-electron chi connectivity index (χ2n) is 3.88. The van der Waals surface area contributed by atoms with E-state index in [0.717, 1.165) is 33.8 Å². The van der Waals surface area contributed by atoms with Gasteiger partial charge in [-0.25, -0.2) is 4.98 Å². The van der Waals surface area contributed by atoms with E-state index < -0.39 is 0 Å². The van der Waals surface area contributed by atoms with E-state index in [1.165, 1.54) is 5.56 Å². The van der Waals surface area contributed by atoms with Crippen molar-refractivity contribution in [2.45, 2.75) is 26.7 Å². The van der Waals surface area contributed by atoms with Crippen molar-refractivity contribution in [3.8, 4) is 0 Å². The zero-order valence-corrected chi connectivity index (χ0v) is 11.1. The molecule has 0 saturated heterocycles. The second-order valence-corrected chi connectivity index (χ2v) is 4.79. The first-order chi connectivity index (χ1) is 7.65. The van der Waals surface area contributed by atoms with E-state index in [4.69, 9.17) is 5.73 Å². The maximum Gasteiger partial charge on any atom is 0.127 e. The fourth-order valence-corrected chi connectivity index (χ4v) is 2.45. The fourth-order valence-electron chi connectivity index (χ4n) is 1.93. The molecule has 2 N–H and O–H groups in total. The molecule has 1 aromatic carbocycles. The van der Waals surface area contributed by atoms with E-state index in [-0.39, 0.29) is 0 Å². The third kappa shape index (κ3) is 1.92. The van der Waals surface area contributed by atoms with Crippen LogP contribution >= 0.6 is 15.9 Å². The summed E-state index contributed by atoms with van der Waals surface area (Å²) in [5.41, 5.74) is 9.32. The molecule has 1 heterocycles. The molecule has 84 valence electrons. The lowest BCUT2D eigenvalue weighted by Gasteiger charge is -2.09. The third-order valence-corrected chi connectivity index (χ3v) is 3.29. The van der Waals surface area contributed by atoms with Gasteiger partial charge in [-0.05, 0) is 42.2 Å². The first kappa shape index (κ1) is 11.4. The fraction of sp³-hybridized carbons (Fsp3) is 0.308. The Morgan fingerprint density at radius 1 is 1.12 bits per heavy atom. The zero-order valence-electron chi connectivity index (χ0n) is 9.55. The maximum absolute atomic E-state index is 5.94. The molecule has 3 heteroatoms. The number of halogens is 1. The van der Waals surface area contributed by atoms with Crippen LogP contribution in [0.1, 0.15) is 25.0 Å². The summed E-state index contributed by atoms with van der Waals surface area (Å²) in [6.07, 6.45) is 1.89. The minimum absolute atomic E-state index is 0.659. The predicted molar refractivity (Wildman–Crippen MR) is 72.6 cm³/mol. The molecule has 0 unspecified atom stereocenters. The molecule has 2 aromatic rings. The van der Waals surface area contributed by atoms with Gasteiger partial charge in [0.2, 0.25) is 0 Å². The van der Waals surface area contributed by atoms with Crippen LogP contribution in [0.25, 0.3) is 10.9 Å².